The largest absolute Gasteiger partial charge is 0.364 e. The second-order valence-corrected chi connectivity index (χ2v) is 4.41. The number of aromatic nitrogens is 2. The molecule has 18 heavy (non-hydrogen) atoms. The summed E-state index contributed by atoms with van der Waals surface area (Å²) in [5.41, 5.74) is 3.37. The minimum Gasteiger partial charge on any atom is -0.364 e. The van der Waals surface area contributed by atoms with Crippen molar-refractivity contribution in [2.75, 3.05) is 11.4 Å². The first-order valence-corrected chi connectivity index (χ1v) is 5.91. The molecule has 92 valence electrons. The molecule has 1 aliphatic rings. The van der Waals surface area contributed by atoms with Gasteiger partial charge in [-0.3, -0.25) is 4.79 Å². The van der Waals surface area contributed by atoms with E-state index in [4.69, 9.17) is 4.63 Å². The molecule has 0 saturated carbocycles. The number of carbonyl (C=O) groups excluding carboxylic acids is 1. The molecule has 0 radical (unpaired) electrons. The summed E-state index contributed by atoms with van der Waals surface area (Å²) < 4.78 is 4.70. The number of hydrogen-bond acceptors (Lipinski definition) is 5. The number of ketones is 1. The lowest BCUT2D eigenvalue weighted by molar-refractivity contribution is 0.0979. The average molecular weight is 243 g/mol. The summed E-state index contributed by atoms with van der Waals surface area (Å²) in [4.78, 5) is 14.0. The number of para-hydroxylation sites is 1. The van der Waals surface area contributed by atoms with Crippen molar-refractivity contribution in [1.29, 1.82) is 0 Å². The van der Waals surface area contributed by atoms with Crippen LogP contribution in [-0.2, 0) is 6.54 Å². The Morgan fingerprint density at radius 1 is 1.33 bits per heavy atom. The van der Waals surface area contributed by atoms with Gasteiger partial charge in [-0.25, -0.2) is 4.63 Å². The van der Waals surface area contributed by atoms with Gasteiger partial charge in [-0.05, 0) is 19.1 Å². The van der Waals surface area contributed by atoms with Crippen LogP contribution < -0.4 is 4.90 Å². The monoisotopic (exact) mass is 243 g/mol. The number of fused-ring (bicyclic) bond motifs is 1. The molecular formula is C13H13N3O2. The van der Waals surface area contributed by atoms with Crippen molar-refractivity contribution in [1.82, 2.24) is 10.3 Å². The molecule has 5 heteroatoms. The first-order valence-electron chi connectivity index (χ1n) is 5.91. The zero-order valence-corrected chi connectivity index (χ0v) is 10.1. The molecular weight excluding hydrogens is 230 g/mol. The van der Waals surface area contributed by atoms with Gasteiger partial charge in [0.25, 0.3) is 0 Å². The van der Waals surface area contributed by atoms with Gasteiger partial charge in [0.05, 0.1) is 6.54 Å². The highest BCUT2D eigenvalue weighted by atomic mass is 16.6. The molecule has 0 bridgehead atoms. The molecule has 2 aromatic rings. The fraction of sp³-hybridized carbons (Fsp3) is 0.308. The molecule has 1 aliphatic heterocycles. The van der Waals surface area contributed by atoms with E-state index in [1.165, 1.54) is 0 Å². The van der Waals surface area contributed by atoms with Crippen molar-refractivity contribution in [2.45, 2.75) is 19.9 Å². The molecule has 5 nitrogen and oxygen atoms in total. The van der Waals surface area contributed by atoms with Gasteiger partial charge in [0.1, 0.15) is 11.4 Å². The molecule has 0 unspecified atom stereocenters. The lowest BCUT2D eigenvalue weighted by Gasteiger charge is -2.29. The number of carbonyl (C=O) groups is 1. The highest BCUT2D eigenvalue weighted by Crippen LogP contribution is 2.28. The van der Waals surface area contributed by atoms with E-state index in [2.05, 4.69) is 15.2 Å². The van der Waals surface area contributed by atoms with Gasteiger partial charge in [-0.2, -0.15) is 0 Å². The van der Waals surface area contributed by atoms with E-state index in [1.807, 2.05) is 31.2 Å². The number of benzene rings is 1. The predicted molar refractivity (Wildman–Crippen MR) is 65.5 cm³/mol. The first-order chi connectivity index (χ1) is 8.75. The Bertz CT molecular complexity index is 591. The summed E-state index contributed by atoms with van der Waals surface area (Å²) in [5, 5.41) is 7.66. The van der Waals surface area contributed by atoms with Gasteiger partial charge in [0.15, 0.2) is 5.78 Å². The number of Topliss-reactive ketones (excluding diaryl/α,β-unsaturated/α-hetero) is 1. The Labute approximate surface area is 104 Å². The van der Waals surface area contributed by atoms with Gasteiger partial charge in [0.2, 0.25) is 0 Å². The summed E-state index contributed by atoms with van der Waals surface area (Å²) in [7, 11) is 0. The lowest BCUT2D eigenvalue weighted by atomic mass is 10.0. The molecule has 0 fully saturated rings. The highest BCUT2D eigenvalue weighted by Gasteiger charge is 2.23. The number of aryl methyl sites for hydroxylation is 1. The molecule has 0 aliphatic carbocycles. The van der Waals surface area contributed by atoms with E-state index >= 15 is 0 Å². The third-order valence-corrected chi connectivity index (χ3v) is 3.24. The molecule has 1 aromatic heterocycles. The zero-order valence-electron chi connectivity index (χ0n) is 10.1. The number of anilines is 1. The minimum absolute atomic E-state index is 0.205. The second-order valence-electron chi connectivity index (χ2n) is 4.41. The minimum atomic E-state index is 0.205. The predicted octanol–water partition coefficient (Wildman–Crippen LogP) is 1.97. The number of nitrogens with zero attached hydrogens (tertiary/aromatic N) is 3. The van der Waals surface area contributed by atoms with E-state index in [9.17, 15) is 4.79 Å². The Kier molecular flexibility index (Phi) is 2.59. The van der Waals surface area contributed by atoms with Crippen molar-refractivity contribution >= 4 is 11.5 Å². The van der Waals surface area contributed by atoms with Crippen molar-refractivity contribution in [3.05, 3.63) is 41.2 Å². The molecule has 3 rings (SSSR count). The zero-order chi connectivity index (χ0) is 12.5. The molecule has 0 atom stereocenters. The van der Waals surface area contributed by atoms with Crippen molar-refractivity contribution < 1.29 is 9.42 Å². The van der Waals surface area contributed by atoms with Gasteiger partial charge in [-0.15, -0.1) is 0 Å². The van der Waals surface area contributed by atoms with Crippen LogP contribution in [0.5, 0.6) is 0 Å². The van der Waals surface area contributed by atoms with Gasteiger partial charge in [-0.1, -0.05) is 22.4 Å². The average Bonchev–Trinajstić information content (AvgIpc) is 2.79. The van der Waals surface area contributed by atoms with Crippen LogP contribution in [0.1, 0.15) is 28.2 Å². The molecule has 1 aromatic carbocycles. The van der Waals surface area contributed by atoms with Crippen LogP contribution in [0.2, 0.25) is 0 Å². The van der Waals surface area contributed by atoms with E-state index in [0.717, 1.165) is 22.6 Å². The van der Waals surface area contributed by atoms with Gasteiger partial charge < -0.3 is 4.90 Å². The summed E-state index contributed by atoms with van der Waals surface area (Å²) in [6.07, 6.45) is 0.543. The van der Waals surface area contributed by atoms with Gasteiger partial charge in [0, 0.05) is 24.2 Å². The SMILES string of the molecule is Cc1nonc1CN1CCC(=O)c2ccccc21. The topological polar surface area (TPSA) is 59.2 Å². The molecule has 2 heterocycles. The third-order valence-electron chi connectivity index (χ3n) is 3.24. The third kappa shape index (κ3) is 1.77. The van der Waals surface area contributed by atoms with Crippen LogP contribution in [-0.4, -0.2) is 22.6 Å². The normalized spacial score (nSPS) is 14.7. The van der Waals surface area contributed by atoms with Crippen molar-refractivity contribution in [2.24, 2.45) is 0 Å². The Hall–Kier alpha value is -2.17. The van der Waals surface area contributed by atoms with Crippen LogP contribution in [0.25, 0.3) is 0 Å². The smallest absolute Gasteiger partial charge is 0.166 e. The molecule has 0 saturated heterocycles. The maximum absolute atomic E-state index is 11.8. The van der Waals surface area contributed by atoms with Crippen molar-refractivity contribution in [3.8, 4) is 0 Å². The quantitative estimate of drug-likeness (QED) is 0.807. The second kappa shape index (κ2) is 4.25. The first kappa shape index (κ1) is 11.0. The van der Waals surface area contributed by atoms with E-state index in [1.54, 1.807) is 0 Å². The van der Waals surface area contributed by atoms with Gasteiger partial charge >= 0.3 is 0 Å². The van der Waals surface area contributed by atoms with Crippen LogP contribution in [0.3, 0.4) is 0 Å². The maximum atomic E-state index is 11.8. The Morgan fingerprint density at radius 3 is 2.94 bits per heavy atom. The maximum Gasteiger partial charge on any atom is 0.166 e. The summed E-state index contributed by atoms with van der Waals surface area (Å²) in [5.74, 6) is 0.205. The molecule has 0 amide bonds. The van der Waals surface area contributed by atoms with E-state index in [0.29, 0.717) is 19.5 Å². The van der Waals surface area contributed by atoms with E-state index in [-0.39, 0.29) is 5.78 Å². The summed E-state index contributed by atoms with van der Waals surface area (Å²) in [6, 6.07) is 7.68. The number of rotatable bonds is 2. The van der Waals surface area contributed by atoms with Crippen LogP contribution in [0.4, 0.5) is 5.69 Å². The summed E-state index contributed by atoms with van der Waals surface area (Å²) in [6.45, 7) is 3.20. The van der Waals surface area contributed by atoms with Crippen LogP contribution >= 0.6 is 0 Å². The number of hydrogen-bond donors (Lipinski definition) is 0. The fourth-order valence-corrected chi connectivity index (χ4v) is 2.21. The fourth-order valence-electron chi connectivity index (χ4n) is 2.21. The van der Waals surface area contributed by atoms with E-state index < -0.39 is 0 Å². The molecule has 0 spiro atoms. The van der Waals surface area contributed by atoms with Crippen LogP contribution in [0, 0.1) is 6.92 Å². The van der Waals surface area contributed by atoms with Crippen LogP contribution in [0.15, 0.2) is 28.9 Å². The Balaban J connectivity index is 1.93. The highest BCUT2D eigenvalue weighted by molar-refractivity contribution is 6.03. The van der Waals surface area contributed by atoms with Crippen molar-refractivity contribution in [3.63, 3.8) is 0 Å². The standard InChI is InChI=1S/C13H13N3O2/c1-9-11(15-18-14-9)8-16-7-6-13(17)10-4-2-3-5-12(10)16/h2-5H,6-8H2,1H3. The lowest BCUT2D eigenvalue weighted by Crippen LogP contribution is -2.31. The Morgan fingerprint density at radius 2 is 2.17 bits per heavy atom. The summed E-state index contributed by atoms with van der Waals surface area (Å²) >= 11 is 0. The molecule has 0 N–H and O–H groups in total.